The Labute approximate surface area is 160 Å². The van der Waals surface area contributed by atoms with E-state index in [4.69, 9.17) is 16.3 Å². The Morgan fingerprint density at radius 2 is 1.92 bits per heavy atom. The van der Waals surface area contributed by atoms with Crippen LogP contribution in [0.3, 0.4) is 0 Å². The molecule has 8 heteroatoms. The molecular formula is C18H16ClN3O3S. The van der Waals surface area contributed by atoms with Crippen molar-refractivity contribution in [2.75, 3.05) is 12.4 Å². The number of ether oxygens (including phenoxy) is 1. The van der Waals surface area contributed by atoms with Crippen LogP contribution in [0.2, 0.25) is 5.02 Å². The number of halogens is 1. The molecule has 0 bridgehead atoms. The van der Waals surface area contributed by atoms with Gasteiger partial charge in [0.25, 0.3) is 0 Å². The van der Waals surface area contributed by atoms with Crippen LogP contribution >= 0.6 is 23.4 Å². The topological polar surface area (TPSA) is 79.8 Å². The summed E-state index contributed by atoms with van der Waals surface area (Å²) in [4.78, 5) is 28.6. The highest BCUT2D eigenvalue weighted by molar-refractivity contribution is 8.15. The second-order valence-corrected chi connectivity index (χ2v) is 7.10. The quantitative estimate of drug-likeness (QED) is 0.818. The SMILES string of the molecule is COc1ccc(NC(=O)C[C@@H]2SC(=Nc3ccc(Cl)cc3)NC2=O)cc1. The summed E-state index contributed by atoms with van der Waals surface area (Å²) in [5.74, 6) is 0.236. The highest BCUT2D eigenvalue weighted by Crippen LogP contribution is 2.26. The molecule has 0 radical (unpaired) electrons. The molecule has 0 unspecified atom stereocenters. The molecule has 2 aromatic carbocycles. The summed E-state index contributed by atoms with van der Waals surface area (Å²) < 4.78 is 5.07. The van der Waals surface area contributed by atoms with Crippen LogP contribution in [0.5, 0.6) is 5.75 Å². The zero-order chi connectivity index (χ0) is 18.5. The maximum Gasteiger partial charge on any atom is 0.240 e. The lowest BCUT2D eigenvalue weighted by atomic mass is 10.2. The van der Waals surface area contributed by atoms with Gasteiger partial charge >= 0.3 is 0 Å². The fourth-order valence-corrected chi connectivity index (χ4v) is 3.39. The van der Waals surface area contributed by atoms with Crippen LogP contribution in [0.15, 0.2) is 53.5 Å². The predicted octanol–water partition coefficient (Wildman–Crippen LogP) is 3.60. The standard InChI is InChI=1S/C18H16ClN3O3S/c1-25-14-8-6-12(7-9-14)20-16(23)10-15-17(24)22-18(26-15)21-13-4-2-11(19)3-5-13/h2-9,15H,10H2,1H3,(H,20,23)(H,21,22,24)/t15-/m0/s1. The van der Waals surface area contributed by atoms with Crippen LogP contribution in [0.25, 0.3) is 0 Å². The lowest BCUT2D eigenvalue weighted by Crippen LogP contribution is -2.28. The molecule has 1 heterocycles. The second-order valence-electron chi connectivity index (χ2n) is 5.47. The van der Waals surface area contributed by atoms with Gasteiger partial charge in [-0.2, -0.15) is 0 Å². The summed E-state index contributed by atoms with van der Waals surface area (Å²) in [6, 6.07) is 14.0. The third-order valence-electron chi connectivity index (χ3n) is 3.58. The Balaban J connectivity index is 1.58. The number of hydrogen-bond acceptors (Lipinski definition) is 5. The summed E-state index contributed by atoms with van der Waals surface area (Å²) in [6.45, 7) is 0. The van der Waals surface area contributed by atoms with Crippen molar-refractivity contribution in [3.8, 4) is 5.75 Å². The average Bonchev–Trinajstić information content (AvgIpc) is 2.96. The van der Waals surface area contributed by atoms with Crippen molar-refractivity contribution in [2.24, 2.45) is 4.99 Å². The molecular weight excluding hydrogens is 374 g/mol. The second kappa shape index (κ2) is 8.25. The molecule has 6 nitrogen and oxygen atoms in total. The Morgan fingerprint density at radius 1 is 1.23 bits per heavy atom. The number of rotatable bonds is 5. The van der Waals surface area contributed by atoms with Crippen LogP contribution in [-0.4, -0.2) is 29.3 Å². The molecule has 2 N–H and O–H groups in total. The number of amidine groups is 1. The lowest BCUT2D eigenvalue weighted by Gasteiger charge is -2.08. The van der Waals surface area contributed by atoms with E-state index in [-0.39, 0.29) is 18.2 Å². The number of hydrogen-bond donors (Lipinski definition) is 2. The Kier molecular flexibility index (Phi) is 5.80. The van der Waals surface area contributed by atoms with E-state index >= 15 is 0 Å². The van der Waals surface area contributed by atoms with Gasteiger partial charge in [0.05, 0.1) is 12.8 Å². The third-order valence-corrected chi connectivity index (χ3v) is 4.91. The van der Waals surface area contributed by atoms with Crippen molar-refractivity contribution in [1.29, 1.82) is 0 Å². The third kappa shape index (κ3) is 4.77. The summed E-state index contributed by atoms with van der Waals surface area (Å²) in [5.41, 5.74) is 1.33. The summed E-state index contributed by atoms with van der Waals surface area (Å²) in [6.07, 6.45) is 0.0577. The number of nitrogens with zero attached hydrogens (tertiary/aromatic N) is 1. The minimum atomic E-state index is -0.515. The van der Waals surface area contributed by atoms with Crippen molar-refractivity contribution in [1.82, 2.24) is 5.32 Å². The molecule has 0 saturated carbocycles. The maximum absolute atomic E-state index is 12.2. The molecule has 1 atom stereocenters. The molecule has 0 aromatic heterocycles. The van der Waals surface area contributed by atoms with E-state index in [1.165, 1.54) is 11.8 Å². The number of nitrogens with one attached hydrogen (secondary N) is 2. The maximum atomic E-state index is 12.2. The van der Waals surface area contributed by atoms with E-state index in [2.05, 4.69) is 15.6 Å². The van der Waals surface area contributed by atoms with Gasteiger partial charge in [0.1, 0.15) is 11.0 Å². The highest BCUT2D eigenvalue weighted by atomic mass is 35.5. The number of anilines is 1. The Bertz CT molecular complexity index is 838. The van der Waals surface area contributed by atoms with Gasteiger partial charge in [0.15, 0.2) is 5.17 Å². The van der Waals surface area contributed by atoms with Gasteiger partial charge in [0.2, 0.25) is 11.8 Å². The van der Waals surface area contributed by atoms with Gasteiger partial charge in [0, 0.05) is 17.1 Å². The number of carbonyl (C=O) groups is 2. The van der Waals surface area contributed by atoms with E-state index in [1.807, 2.05) is 0 Å². The van der Waals surface area contributed by atoms with Gasteiger partial charge in [-0.25, -0.2) is 4.99 Å². The van der Waals surface area contributed by atoms with Gasteiger partial charge in [-0.1, -0.05) is 23.4 Å². The molecule has 2 aromatic rings. The number of thioether (sulfide) groups is 1. The summed E-state index contributed by atoms with van der Waals surface area (Å²) in [7, 11) is 1.58. The fraction of sp³-hybridized carbons (Fsp3) is 0.167. The van der Waals surface area contributed by atoms with E-state index < -0.39 is 5.25 Å². The molecule has 1 aliphatic rings. The Hall–Kier alpha value is -2.51. The minimum absolute atomic E-state index is 0.0577. The first kappa shape index (κ1) is 18.3. The molecule has 1 fully saturated rings. The van der Waals surface area contributed by atoms with E-state index in [1.54, 1.807) is 55.6 Å². The number of amides is 2. The highest BCUT2D eigenvalue weighted by Gasteiger charge is 2.32. The van der Waals surface area contributed by atoms with Crippen molar-refractivity contribution in [2.45, 2.75) is 11.7 Å². The zero-order valence-electron chi connectivity index (χ0n) is 13.9. The molecule has 3 rings (SSSR count). The molecule has 1 aliphatic heterocycles. The molecule has 2 amide bonds. The first-order valence-corrected chi connectivity index (χ1v) is 9.05. The first-order valence-electron chi connectivity index (χ1n) is 7.79. The van der Waals surface area contributed by atoms with Crippen LogP contribution in [0.4, 0.5) is 11.4 Å². The number of carbonyl (C=O) groups excluding carboxylic acids is 2. The molecule has 26 heavy (non-hydrogen) atoms. The van der Waals surface area contributed by atoms with Crippen molar-refractivity contribution in [3.05, 3.63) is 53.6 Å². The van der Waals surface area contributed by atoms with E-state index in [0.717, 1.165) is 0 Å². The van der Waals surface area contributed by atoms with E-state index in [9.17, 15) is 9.59 Å². The smallest absolute Gasteiger partial charge is 0.240 e. The zero-order valence-corrected chi connectivity index (χ0v) is 15.4. The largest absolute Gasteiger partial charge is 0.497 e. The Morgan fingerprint density at radius 3 is 2.58 bits per heavy atom. The average molecular weight is 390 g/mol. The van der Waals surface area contributed by atoms with Crippen molar-refractivity contribution >= 4 is 51.7 Å². The first-order chi connectivity index (χ1) is 12.5. The fourth-order valence-electron chi connectivity index (χ4n) is 2.28. The van der Waals surface area contributed by atoms with Crippen molar-refractivity contribution in [3.63, 3.8) is 0 Å². The van der Waals surface area contributed by atoms with Crippen LogP contribution in [-0.2, 0) is 9.59 Å². The van der Waals surface area contributed by atoms with Gasteiger partial charge in [-0.3, -0.25) is 9.59 Å². The van der Waals surface area contributed by atoms with Crippen LogP contribution in [0.1, 0.15) is 6.42 Å². The monoisotopic (exact) mass is 389 g/mol. The normalized spacial score (nSPS) is 17.8. The molecule has 134 valence electrons. The molecule has 0 spiro atoms. The van der Waals surface area contributed by atoms with Crippen LogP contribution < -0.4 is 15.4 Å². The predicted molar refractivity (Wildman–Crippen MR) is 104 cm³/mol. The lowest BCUT2D eigenvalue weighted by molar-refractivity contribution is -0.122. The van der Waals surface area contributed by atoms with E-state index in [0.29, 0.717) is 27.3 Å². The number of methoxy groups -OCH3 is 1. The molecule has 1 saturated heterocycles. The summed E-state index contributed by atoms with van der Waals surface area (Å²) >= 11 is 7.08. The van der Waals surface area contributed by atoms with Crippen molar-refractivity contribution < 1.29 is 14.3 Å². The van der Waals surface area contributed by atoms with Gasteiger partial charge in [-0.05, 0) is 48.5 Å². The number of benzene rings is 2. The van der Waals surface area contributed by atoms with Gasteiger partial charge in [-0.15, -0.1) is 0 Å². The van der Waals surface area contributed by atoms with Gasteiger partial charge < -0.3 is 15.4 Å². The molecule has 0 aliphatic carbocycles. The van der Waals surface area contributed by atoms with Crippen LogP contribution in [0, 0.1) is 0 Å². The minimum Gasteiger partial charge on any atom is -0.497 e. The number of aliphatic imine (C=N–C) groups is 1. The summed E-state index contributed by atoms with van der Waals surface area (Å²) in [5, 5.41) is 6.04.